The third-order valence-electron chi connectivity index (χ3n) is 3.20. The highest BCUT2D eigenvalue weighted by molar-refractivity contribution is 5.83. The molecule has 0 bridgehead atoms. The normalized spacial score (nSPS) is 10.7. The van der Waals surface area contributed by atoms with Crippen LogP contribution >= 0.6 is 0 Å². The molecule has 0 unspecified atom stereocenters. The maximum atomic E-state index is 6.04. The quantitative estimate of drug-likeness (QED) is 0.717. The van der Waals surface area contributed by atoms with Crippen LogP contribution in [0.15, 0.2) is 36.4 Å². The summed E-state index contributed by atoms with van der Waals surface area (Å²) in [5.41, 5.74) is 9.29. The molecule has 5 heteroatoms. The smallest absolute Gasteiger partial charge is 0.140 e. The van der Waals surface area contributed by atoms with Crippen molar-refractivity contribution in [2.75, 3.05) is 20.0 Å². The Morgan fingerprint density at radius 3 is 2.40 bits per heavy atom. The van der Waals surface area contributed by atoms with Gasteiger partial charge in [0.15, 0.2) is 0 Å². The monoisotopic (exact) mass is 269 g/mol. The molecule has 0 atom stereocenters. The number of imidazole rings is 1. The zero-order chi connectivity index (χ0) is 14.1. The fourth-order valence-electron chi connectivity index (χ4n) is 2.13. The van der Waals surface area contributed by atoms with Crippen LogP contribution < -0.4 is 15.2 Å². The molecule has 102 valence electrons. The van der Waals surface area contributed by atoms with Gasteiger partial charge in [-0.3, -0.25) is 0 Å². The van der Waals surface area contributed by atoms with E-state index in [0.717, 1.165) is 33.9 Å². The minimum atomic E-state index is 0.621. The van der Waals surface area contributed by atoms with Gasteiger partial charge < -0.3 is 20.2 Å². The molecule has 0 amide bonds. The van der Waals surface area contributed by atoms with E-state index >= 15 is 0 Å². The first-order chi connectivity index (χ1) is 9.71. The summed E-state index contributed by atoms with van der Waals surface area (Å²) in [6.07, 6.45) is 0. The van der Waals surface area contributed by atoms with Crippen molar-refractivity contribution in [2.45, 2.75) is 0 Å². The van der Waals surface area contributed by atoms with E-state index in [0.29, 0.717) is 5.69 Å². The molecule has 3 rings (SSSR count). The van der Waals surface area contributed by atoms with Crippen molar-refractivity contribution in [1.29, 1.82) is 0 Å². The molecule has 0 aliphatic rings. The molecule has 3 N–H and O–H groups in total. The van der Waals surface area contributed by atoms with E-state index in [1.807, 2.05) is 30.3 Å². The number of ether oxygens (including phenoxy) is 2. The van der Waals surface area contributed by atoms with Crippen molar-refractivity contribution in [3.05, 3.63) is 36.4 Å². The van der Waals surface area contributed by atoms with Crippen molar-refractivity contribution in [3.8, 4) is 22.9 Å². The van der Waals surface area contributed by atoms with Crippen molar-refractivity contribution in [1.82, 2.24) is 9.97 Å². The molecule has 3 aromatic rings. The number of nitrogens with two attached hydrogens (primary N) is 1. The molecule has 0 spiro atoms. The SMILES string of the molecule is COc1ccc(-c2nc3ccc(OC)cc3[nH]2)c(N)c1. The molecular weight excluding hydrogens is 254 g/mol. The van der Waals surface area contributed by atoms with Gasteiger partial charge in [-0.15, -0.1) is 0 Å². The second-order valence-corrected chi connectivity index (χ2v) is 4.42. The lowest BCUT2D eigenvalue weighted by molar-refractivity contribution is 0.415. The Hall–Kier alpha value is -2.69. The molecule has 0 aliphatic carbocycles. The second kappa shape index (κ2) is 4.77. The predicted octanol–water partition coefficient (Wildman–Crippen LogP) is 2.83. The van der Waals surface area contributed by atoms with Gasteiger partial charge in [0.2, 0.25) is 0 Å². The molecule has 0 saturated carbocycles. The minimum absolute atomic E-state index is 0.621. The number of fused-ring (bicyclic) bond motifs is 1. The maximum absolute atomic E-state index is 6.04. The Morgan fingerprint density at radius 2 is 1.70 bits per heavy atom. The number of H-pyrrole nitrogens is 1. The third-order valence-corrected chi connectivity index (χ3v) is 3.20. The van der Waals surface area contributed by atoms with Crippen LogP contribution in [0.1, 0.15) is 0 Å². The molecule has 0 aliphatic heterocycles. The van der Waals surface area contributed by atoms with Gasteiger partial charge in [-0.05, 0) is 24.3 Å². The van der Waals surface area contributed by atoms with Crippen LogP contribution in [0.5, 0.6) is 11.5 Å². The zero-order valence-electron chi connectivity index (χ0n) is 11.3. The van der Waals surface area contributed by atoms with Gasteiger partial charge in [0, 0.05) is 23.4 Å². The van der Waals surface area contributed by atoms with E-state index in [1.54, 1.807) is 20.3 Å². The van der Waals surface area contributed by atoms with Crippen LogP contribution in [0.4, 0.5) is 5.69 Å². The van der Waals surface area contributed by atoms with Gasteiger partial charge in [-0.25, -0.2) is 4.98 Å². The highest BCUT2D eigenvalue weighted by atomic mass is 16.5. The summed E-state index contributed by atoms with van der Waals surface area (Å²) in [6.45, 7) is 0. The highest BCUT2D eigenvalue weighted by Gasteiger charge is 2.09. The Bertz CT molecular complexity index is 765. The van der Waals surface area contributed by atoms with Crippen molar-refractivity contribution in [3.63, 3.8) is 0 Å². The number of aromatic amines is 1. The summed E-state index contributed by atoms with van der Waals surface area (Å²) in [5, 5.41) is 0. The van der Waals surface area contributed by atoms with E-state index in [1.165, 1.54) is 0 Å². The van der Waals surface area contributed by atoms with E-state index < -0.39 is 0 Å². The minimum Gasteiger partial charge on any atom is -0.497 e. The number of aromatic nitrogens is 2. The van der Waals surface area contributed by atoms with Crippen LogP contribution in [0.25, 0.3) is 22.4 Å². The van der Waals surface area contributed by atoms with E-state index in [9.17, 15) is 0 Å². The summed E-state index contributed by atoms with van der Waals surface area (Å²) in [7, 11) is 3.25. The van der Waals surface area contributed by atoms with Crippen molar-refractivity contribution < 1.29 is 9.47 Å². The first-order valence-corrected chi connectivity index (χ1v) is 6.19. The van der Waals surface area contributed by atoms with Crippen LogP contribution in [-0.4, -0.2) is 24.2 Å². The topological polar surface area (TPSA) is 73.2 Å². The zero-order valence-corrected chi connectivity index (χ0v) is 11.3. The molecule has 1 aromatic heterocycles. The average Bonchev–Trinajstić information content (AvgIpc) is 2.89. The molecule has 5 nitrogen and oxygen atoms in total. The number of hydrogen-bond donors (Lipinski definition) is 2. The summed E-state index contributed by atoms with van der Waals surface area (Å²) in [6, 6.07) is 11.2. The van der Waals surface area contributed by atoms with E-state index in [4.69, 9.17) is 15.2 Å². The number of hydrogen-bond acceptors (Lipinski definition) is 4. The lowest BCUT2D eigenvalue weighted by Crippen LogP contribution is -1.93. The van der Waals surface area contributed by atoms with Crippen molar-refractivity contribution >= 4 is 16.7 Å². The molecule has 2 aromatic carbocycles. The first kappa shape index (κ1) is 12.3. The lowest BCUT2D eigenvalue weighted by atomic mass is 10.1. The van der Waals surface area contributed by atoms with Gasteiger partial charge in [-0.1, -0.05) is 0 Å². The Kier molecular flexibility index (Phi) is 2.95. The Balaban J connectivity index is 2.10. The standard InChI is InChI=1S/C15H15N3O2/c1-19-9-3-5-11(12(16)7-9)15-17-13-6-4-10(20-2)8-14(13)18-15/h3-8H,16H2,1-2H3,(H,17,18). The van der Waals surface area contributed by atoms with E-state index in [2.05, 4.69) is 9.97 Å². The molecular formula is C15H15N3O2. The predicted molar refractivity (Wildman–Crippen MR) is 79.0 cm³/mol. The van der Waals surface area contributed by atoms with Gasteiger partial charge in [0.05, 0.1) is 25.3 Å². The first-order valence-electron chi connectivity index (χ1n) is 6.19. The highest BCUT2D eigenvalue weighted by Crippen LogP contribution is 2.29. The number of methoxy groups -OCH3 is 2. The van der Waals surface area contributed by atoms with E-state index in [-0.39, 0.29) is 0 Å². The average molecular weight is 269 g/mol. The van der Waals surface area contributed by atoms with Crippen molar-refractivity contribution in [2.24, 2.45) is 0 Å². The molecule has 0 fully saturated rings. The summed E-state index contributed by atoms with van der Waals surface area (Å²) < 4.78 is 10.4. The largest absolute Gasteiger partial charge is 0.497 e. The molecule has 0 radical (unpaired) electrons. The lowest BCUT2D eigenvalue weighted by Gasteiger charge is -2.05. The van der Waals surface area contributed by atoms with Gasteiger partial charge in [0.1, 0.15) is 17.3 Å². The fraction of sp³-hybridized carbons (Fsp3) is 0.133. The Labute approximate surface area is 116 Å². The Morgan fingerprint density at radius 1 is 1.00 bits per heavy atom. The van der Waals surface area contributed by atoms with Crippen LogP contribution in [0.3, 0.4) is 0 Å². The van der Waals surface area contributed by atoms with Gasteiger partial charge >= 0.3 is 0 Å². The maximum Gasteiger partial charge on any atom is 0.140 e. The molecule has 1 heterocycles. The number of nitrogens with zero attached hydrogens (tertiary/aromatic N) is 1. The number of rotatable bonds is 3. The molecule has 0 saturated heterocycles. The van der Waals surface area contributed by atoms with Crippen LogP contribution in [0, 0.1) is 0 Å². The number of benzene rings is 2. The second-order valence-electron chi connectivity index (χ2n) is 4.42. The van der Waals surface area contributed by atoms with Crippen LogP contribution in [0.2, 0.25) is 0 Å². The molecule has 20 heavy (non-hydrogen) atoms. The fourth-order valence-corrected chi connectivity index (χ4v) is 2.13. The van der Waals surface area contributed by atoms with Gasteiger partial charge in [0.25, 0.3) is 0 Å². The van der Waals surface area contributed by atoms with Crippen LogP contribution in [-0.2, 0) is 0 Å². The summed E-state index contributed by atoms with van der Waals surface area (Å²) >= 11 is 0. The number of anilines is 1. The number of nitrogens with one attached hydrogen (secondary N) is 1. The number of nitrogen functional groups attached to an aromatic ring is 1. The van der Waals surface area contributed by atoms with Gasteiger partial charge in [-0.2, -0.15) is 0 Å². The summed E-state index contributed by atoms with van der Waals surface area (Å²) in [4.78, 5) is 7.80. The third kappa shape index (κ3) is 2.03. The summed E-state index contributed by atoms with van der Waals surface area (Å²) in [5.74, 6) is 2.24.